The molecule has 0 aromatic heterocycles. The second-order valence-corrected chi connectivity index (χ2v) is 6.02. The number of rotatable bonds is 2. The van der Waals surface area contributed by atoms with Crippen molar-refractivity contribution >= 4 is 6.09 Å². The number of methoxy groups -OCH3 is 1. The molecule has 1 heterocycles. The second-order valence-electron chi connectivity index (χ2n) is 6.02. The van der Waals surface area contributed by atoms with Gasteiger partial charge in [0.1, 0.15) is 5.60 Å². The third kappa shape index (κ3) is 4.14. The first-order chi connectivity index (χ1) is 8.24. The molecule has 1 unspecified atom stereocenters. The Morgan fingerprint density at radius 3 is 2.39 bits per heavy atom. The molecule has 18 heavy (non-hydrogen) atoms. The van der Waals surface area contributed by atoms with E-state index in [-0.39, 0.29) is 12.2 Å². The molecule has 1 saturated heterocycles. The molecule has 0 aliphatic carbocycles. The molecule has 1 rings (SSSR count). The molecule has 0 aromatic carbocycles. The van der Waals surface area contributed by atoms with Crippen molar-refractivity contribution in [1.29, 1.82) is 0 Å². The van der Waals surface area contributed by atoms with Gasteiger partial charge in [-0.1, -0.05) is 0 Å². The van der Waals surface area contributed by atoms with Crippen LogP contribution in [-0.2, 0) is 9.47 Å². The highest BCUT2D eigenvalue weighted by atomic mass is 16.6. The summed E-state index contributed by atoms with van der Waals surface area (Å²) in [5.74, 6) is 0. The molecule has 1 aliphatic rings. The Morgan fingerprint density at radius 2 is 1.94 bits per heavy atom. The van der Waals surface area contributed by atoms with Gasteiger partial charge in [0.15, 0.2) is 0 Å². The third-order valence-electron chi connectivity index (χ3n) is 3.14. The zero-order valence-electron chi connectivity index (χ0n) is 12.4. The molecule has 0 saturated carbocycles. The van der Waals surface area contributed by atoms with Crippen LogP contribution in [0.25, 0.3) is 0 Å². The van der Waals surface area contributed by atoms with Crippen LogP contribution >= 0.6 is 0 Å². The summed E-state index contributed by atoms with van der Waals surface area (Å²) in [7, 11) is 5.78. The summed E-state index contributed by atoms with van der Waals surface area (Å²) in [6, 6.07) is 0.355. The van der Waals surface area contributed by atoms with Crippen LogP contribution in [0.3, 0.4) is 0 Å². The van der Waals surface area contributed by atoms with Gasteiger partial charge in [-0.05, 0) is 41.3 Å². The van der Waals surface area contributed by atoms with Crippen molar-refractivity contribution in [3.63, 3.8) is 0 Å². The molecule has 1 fully saturated rings. The Hall–Kier alpha value is -0.810. The average molecular weight is 258 g/mol. The van der Waals surface area contributed by atoms with Gasteiger partial charge in [0.05, 0.1) is 12.6 Å². The maximum absolute atomic E-state index is 12.0. The summed E-state index contributed by atoms with van der Waals surface area (Å²) in [6.07, 6.45) is 0.702. The lowest BCUT2D eigenvalue weighted by atomic mass is 10.0. The van der Waals surface area contributed by atoms with Crippen molar-refractivity contribution in [2.45, 2.75) is 44.9 Å². The van der Waals surface area contributed by atoms with Crippen molar-refractivity contribution in [1.82, 2.24) is 9.80 Å². The van der Waals surface area contributed by atoms with Gasteiger partial charge < -0.3 is 19.3 Å². The number of carbonyl (C=O) groups excluding carboxylic acids is 1. The molecular weight excluding hydrogens is 232 g/mol. The molecule has 5 heteroatoms. The summed E-state index contributed by atoms with van der Waals surface area (Å²) in [5, 5.41) is 0. The Morgan fingerprint density at radius 1 is 1.33 bits per heavy atom. The monoisotopic (exact) mass is 258 g/mol. The maximum atomic E-state index is 12.0. The molecule has 0 aromatic rings. The Labute approximate surface area is 110 Å². The molecule has 2 atom stereocenters. The van der Waals surface area contributed by atoms with Gasteiger partial charge in [-0.25, -0.2) is 4.79 Å². The number of hydrogen-bond donors (Lipinski definition) is 0. The minimum atomic E-state index is -0.446. The summed E-state index contributed by atoms with van der Waals surface area (Å²) in [4.78, 5) is 15.9. The van der Waals surface area contributed by atoms with Crippen molar-refractivity contribution in [2.24, 2.45) is 0 Å². The van der Waals surface area contributed by atoms with Crippen LogP contribution in [0, 0.1) is 0 Å². The molecule has 0 radical (unpaired) electrons. The van der Waals surface area contributed by atoms with Crippen LogP contribution in [0.5, 0.6) is 0 Å². The number of likely N-dealkylation sites (tertiary alicyclic amines) is 1. The highest BCUT2D eigenvalue weighted by Gasteiger charge is 2.34. The van der Waals surface area contributed by atoms with Gasteiger partial charge >= 0.3 is 6.09 Å². The van der Waals surface area contributed by atoms with Crippen LogP contribution in [-0.4, -0.2) is 67.9 Å². The maximum Gasteiger partial charge on any atom is 0.410 e. The predicted molar refractivity (Wildman–Crippen MR) is 70.7 cm³/mol. The smallest absolute Gasteiger partial charge is 0.410 e. The fourth-order valence-electron chi connectivity index (χ4n) is 2.22. The first-order valence-electron chi connectivity index (χ1n) is 6.41. The van der Waals surface area contributed by atoms with E-state index in [1.165, 1.54) is 0 Å². The normalized spacial score (nSPS) is 25.4. The molecular formula is C13H26N2O3. The van der Waals surface area contributed by atoms with E-state index in [0.717, 1.165) is 13.0 Å². The number of likely N-dealkylation sites (N-methyl/N-ethyl adjacent to an activating group) is 1. The minimum absolute atomic E-state index is 0.0428. The van der Waals surface area contributed by atoms with E-state index in [1.807, 2.05) is 34.9 Å². The Balaban J connectivity index is 2.60. The van der Waals surface area contributed by atoms with Crippen molar-refractivity contribution in [3.8, 4) is 0 Å². The molecule has 0 spiro atoms. The lowest BCUT2D eigenvalue weighted by molar-refractivity contribution is -0.0365. The second kappa shape index (κ2) is 5.89. The number of nitrogens with zero attached hydrogens (tertiary/aromatic N) is 2. The summed E-state index contributed by atoms with van der Waals surface area (Å²) in [6.45, 7) is 6.95. The van der Waals surface area contributed by atoms with E-state index in [0.29, 0.717) is 12.6 Å². The Kier molecular flexibility index (Phi) is 4.99. The van der Waals surface area contributed by atoms with E-state index < -0.39 is 5.60 Å². The van der Waals surface area contributed by atoms with Crippen LogP contribution in [0.2, 0.25) is 0 Å². The van der Waals surface area contributed by atoms with E-state index in [9.17, 15) is 4.79 Å². The molecule has 0 bridgehead atoms. The van der Waals surface area contributed by atoms with Crippen LogP contribution in [0.1, 0.15) is 27.2 Å². The van der Waals surface area contributed by atoms with Crippen LogP contribution in [0.4, 0.5) is 4.79 Å². The number of ether oxygens (including phenoxy) is 2. The van der Waals surface area contributed by atoms with Crippen LogP contribution in [0.15, 0.2) is 0 Å². The number of carbonyl (C=O) groups is 1. The van der Waals surface area contributed by atoms with E-state index in [1.54, 1.807) is 12.0 Å². The van der Waals surface area contributed by atoms with E-state index in [4.69, 9.17) is 9.47 Å². The quantitative estimate of drug-likeness (QED) is 0.754. The third-order valence-corrected chi connectivity index (χ3v) is 3.14. The first-order valence-corrected chi connectivity index (χ1v) is 6.41. The zero-order valence-corrected chi connectivity index (χ0v) is 12.4. The lowest BCUT2D eigenvalue weighted by Gasteiger charge is -2.40. The summed E-state index contributed by atoms with van der Waals surface area (Å²) in [5.41, 5.74) is -0.446. The highest BCUT2D eigenvalue weighted by molar-refractivity contribution is 5.68. The summed E-state index contributed by atoms with van der Waals surface area (Å²) < 4.78 is 10.9. The zero-order chi connectivity index (χ0) is 13.9. The molecule has 106 valence electrons. The Bertz CT molecular complexity index is 286. The number of piperidine rings is 1. The summed E-state index contributed by atoms with van der Waals surface area (Å²) >= 11 is 0. The van der Waals surface area contributed by atoms with Gasteiger partial charge in [0.25, 0.3) is 0 Å². The minimum Gasteiger partial charge on any atom is -0.444 e. The highest BCUT2D eigenvalue weighted by Crippen LogP contribution is 2.19. The molecule has 1 amide bonds. The predicted octanol–water partition coefficient (Wildman–Crippen LogP) is 1.57. The van der Waals surface area contributed by atoms with E-state index in [2.05, 4.69) is 4.90 Å². The average Bonchev–Trinajstić information content (AvgIpc) is 2.25. The fraction of sp³-hybridized carbons (Fsp3) is 0.923. The SMILES string of the molecule is CO[C@H]1CN(C(=O)OC(C)(C)C)CCC1N(C)C. The largest absolute Gasteiger partial charge is 0.444 e. The van der Waals surface area contributed by atoms with Gasteiger partial charge in [-0.2, -0.15) is 0 Å². The van der Waals surface area contributed by atoms with Crippen molar-refractivity contribution < 1.29 is 14.3 Å². The first kappa shape index (κ1) is 15.2. The van der Waals surface area contributed by atoms with Crippen molar-refractivity contribution in [3.05, 3.63) is 0 Å². The molecule has 0 N–H and O–H groups in total. The lowest BCUT2D eigenvalue weighted by Crippen LogP contribution is -2.55. The van der Waals surface area contributed by atoms with Gasteiger partial charge in [0.2, 0.25) is 0 Å². The topological polar surface area (TPSA) is 42.0 Å². The van der Waals surface area contributed by atoms with Gasteiger partial charge in [0, 0.05) is 19.7 Å². The van der Waals surface area contributed by atoms with E-state index >= 15 is 0 Å². The standard InChI is InChI=1S/C13H26N2O3/c1-13(2,3)18-12(16)15-8-7-10(14(4)5)11(9-15)17-6/h10-11H,7-9H2,1-6H3/t10?,11-/m0/s1. The molecule has 5 nitrogen and oxygen atoms in total. The molecule has 1 aliphatic heterocycles. The van der Waals surface area contributed by atoms with Gasteiger partial charge in [-0.3, -0.25) is 0 Å². The van der Waals surface area contributed by atoms with Crippen LogP contribution < -0.4 is 0 Å². The number of hydrogen-bond acceptors (Lipinski definition) is 4. The number of amides is 1. The van der Waals surface area contributed by atoms with Gasteiger partial charge in [-0.15, -0.1) is 0 Å². The van der Waals surface area contributed by atoms with Crippen molar-refractivity contribution in [2.75, 3.05) is 34.3 Å². The fourth-order valence-corrected chi connectivity index (χ4v) is 2.22.